The SMILES string of the molecule is CCN(CC(=O)O)C[C@H]1CCCN(Cc2ccccc2)C1. The fourth-order valence-electron chi connectivity index (χ4n) is 3.15. The number of hydrogen-bond acceptors (Lipinski definition) is 3. The second-order valence-electron chi connectivity index (χ2n) is 5.95. The minimum Gasteiger partial charge on any atom is -0.480 e. The van der Waals surface area contributed by atoms with Gasteiger partial charge in [-0.15, -0.1) is 0 Å². The van der Waals surface area contributed by atoms with Crippen molar-refractivity contribution in [3.8, 4) is 0 Å². The van der Waals surface area contributed by atoms with E-state index in [1.54, 1.807) is 0 Å². The number of rotatable bonds is 7. The van der Waals surface area contributed by atoms with Crippen molar-refractivity contribution >= 4 is 5.97 Å². The maximum absolute atomic E-state index is 10.9. The Balaban J connectivity index is 1.84. The van der Waals surface area contributed by atoms with Gasteiger partial charge in [-0.05, 0) is 37.4 Å². The zero-order chi connectivity index (χ0) is 15.1. The second kappa shape index (κ2) is 8.15. The Morgan fingerprint density at radius 2 is 2.14 bits per heavy atom. The van der Waals surface area contributed by atoms with Gasteiger partial charge in [0.2, 0.25) is 0 Å². The van der Waals surface area contributed by atoms with Gasteiger partial charge in [0.05, 0.1) is 6.54 Å². The monoisotopic (exact) mass is 290 g/mol. The number of nitrogens with zero attached hydrogens (tertiary/aromatic N) is 2. The average molecular weight is 290 g/mol. The Hall–Kier alpha value is -1.39. The summed E-state index contributed by atoms with van der Waals surface area (Å²) in [5, 5.41) is 8.94. The number of aliphatic carboxylic acids is 1. The number of benzene rings is 1. The minimum absolute atomic E-state index is 0.158. The van der Waals surface area contributed by atoms with Crippen LogP contribution in [-0.4, -0.2) is 53.6 Å². The summed E-state index contributed by atoms with van der Waals surface area (Å²) in [5.41, 5.74) is 1.36. The lowest BCUT2D eigenvalue weighted by Crippen LogP contribution is -2.42. The summed E-state index contributed by atoms with van der Waals surface area (Å²) < 4.78 is 0. The Morgan fingerprint density at radius 1 is 1.38 bits per heavy atom. The fourth-order valence-corrected chi connectivity index (χ4v) is 3.15. The van der Waals surface area contributed by atoms with E-state index in [1.807, 2.05) is 17.9 Å². The standard InChI is InChI=1S/C17H26N2O2/c1-2-18(14-17(20)21)12-16-9-6-10-19(13-16)11-15-7-4-3-5-8-15/h3-5,7-8,16H,2,6,9-14H2,1H3,(H,20,21)/t16-/m1/s1. The zero-order valence-corrected chi connectivity index (χ0v) is 12.9. The van der Waals surface area contributed by atoms with Gasteiger partial charge < -0.3 is 5.11 Å². The molecule has 1 aromatic rings. The molecular weight excluding hydrogens is 264 g/mol. The number of carboxylic acid groups (broad SMARTS) is 1. The average Bonchev–Trinajstić information content (AvgIpc) is 2.47. The van der Waals surface area contributed by atoms with Crippen molar-refractivity contribution in [2.75, 3.05) is 32.7 Å². The van der Waals surface area contributed by atoms with Gasteiger partial charge in [-0.1, -0.05) is 37.3 Å². The quantitative estimate of drug-likeness (QED) is 0.837. The Bertz CT molecular complexity index is 436. The highest BCUT2D eigenvalue weighted by molar-refractivity contribution is 5.69. The van der Waals surface area contributed by atoms with Crippen LogP contribution in [0.25, 0.3) is 0 Å². The summed E-state index contributed by atoms with van der Waals surface area (Å²) in [5.74, 6) is -0.143. The molecule has 1 heterocycles. The maximum atomic E-state index is 10.9. The molecule has 2 rings (SSSR count). The molecule has 116 valence electrons. The van der Waals surface area contributed by atoms with Crippen LogP contribution in [0.1, 0.15) is 25.3 Å². The lowest BCUT2D eigenvalue weighted by molar-refractivity contribution is -0.138. The Morgan fingerprint density at radius 3 is 2.81 bits per heavy atom. The van der Waals surface area contributed by atoms with E-state index in [4.69, 9.17) is 5.11 Å². The first-order valence-corrected chi connectivity index (χ1v) is 7.87. The Kier molecular flexibility index (Phi) is 6.21. The van der Waals surface area contributed by atoms with Crippen LogP contribution < -0.4 is 0 Å². The normalized spacial score (nSPS) is 19.8. The molecule has 0 unspecified atom stereocenters. The molecule has 0 radical (unpaired) electrons. The van der Waals surface area contributed by atoms with E-state index in [-0.39, 0.29) is 6.54 Å². The second-order valence-corrected chi connectivity index (χ2v) is 5.95. The smallest absolute Gasteiger partial charge is 0.317 e. The van der Waals surface area contributed by atoms with Crippen molar-refractivity contribution in [2.24, 2.45) is 5.92 Å². The van der Waals surface area contributed by atoms with Gasteiger partial charge in [-0.3, -0.25) is 14.6 Å². The molecule has 0 aromatic heterocycles. The van der Waals surface area contributed by atoms with Gasteiger partial charge in [-0.2, -0.15) is 0 Å². The summed E-state index contributed by atoms with van der Waals surface area (Å²) in [4.78, 5) is 15.4. The molecule has 0 saturated carbocycles. The van der Waals surface area contributed by atoms with Gasteiger partial charge in [0.15, 0.2) is 0 Å². The number of likely N-dealkylation sites (N-methyl/N-ethyl adjacent to an activating group) is 1. The molecule has 1 saturated heterocycles. The summed E-state index contributed by atoms with van der Waals surface area (Å²) in [6.45, 7) is 7.12. The first-order chi connectivity index (χ1) is 10.2. The third-order valence-electron chi connectivity index (χ3n) is 4.17. The first-order valence-electron chi connectivity index (χ1n) is 7.87. The molecule has 1 aliphatic heterocycles. The number of carbonyl (C=O) groups is 1. The van der Waals surface area contributed by atoms with Crippen LogP contribution in [0.2, 0.25) is 0 Å². The molecule has 1 aliphatic rings. The van der Waals surface area contributed by atoms with Crippen molar-refractivity contribution < 1.29 is 9.90 Å². The van der Waals surface area contributed by atoms with E-state index in [9.17, 15) is 4.79 Å². The minimum atomic E-state index is -0.728. The summed E-state index contributed by atoms with van der Waals surface area (Å²) in [6, 6.07) is 10.6. The molecule has 0 spiro atoms. The highest BCUT2D eigenvalue weighted by Gasteiger charge is 2.22. The molecular formula is C17H26N2O2. The van der Waals surface area contributed by atoms with E-state index in [0.29, 0.717) is 5.92 Å². The van der Waals surface area contributed by atoms with Crippen molar-refractivity contribution in [1.82, 2.24) is 9.80 Å². The van der Waals surface area contributed by atoms with E-state index in [2.05, 4.69) is 29.2 Å². The number of piperidine rings is 1. The van der Waals surface area contributed by atoms with Crippen LogP contribution in [-0.2, 0) is 11.3 Å². The third kappa shape index (κ3) is 5.48. The van der Waals surface area contributed by atoms with Gasteiger partial charge in [0.25, 0.3) is 0 Å². The largest absolute Gasteiger partial charge is 0.480 e. The molecule has 21 heavy (non-hydrogen) atoms. The van der Waals surface area contributed by atoms with Crippen molar-refractivity contribution in [2.45, 2.75) is 26.3 Å². The maximum Gasteiger partial charge on any atom is 0.317 e. The van der Waals surface area contributed by atoms with Crippen molar-refractivity contribution in [3.05, 3.63) is 35.9 Å². The molecule has 1 N–H and O–H groups in total. The fraction of sp³-hybridized carbons (Fsp3) is 0.588. The summed E-state index contributed by atoms with van der Waals surface area (Å²) >= 11 is 0. The highest BCUT2D eigenvalue weighted by Crippen LogP contribution is 2.19. The summed E-state index contributed by atoms with van der Waals surface area (Å²) in [6.07, 6.45) is 2.42. The zero-order valence-electron chi connectivity index (χ0n) is 12.9. The van der Waals surface area contributed by atoms with E-state index >= 15 is 0 Å². The van der Waals surface area contributed by atoms with Crippen LogP contribution >= 0.6 is 0 Å². The third-order valence-corrected chi connectivity index (χ3v) is 4.17. The predicted molar refractivity (Wildman–Crippen MR) is 84.2 cm³/mol. The van der Waals surface area contributed by atoms with Crippen LogP contribution in [0.4, 0.5) is 0 Å². The number of carboxylic acids is 1. The van der Waals surface area contributed by atoms with Crippen LogP contribution in [0, 0.1) is 5.92 Å². The lowest BCUT2D eigenvalue weighted by Gasteiger charge is -2.35. The van der Waals surface area contributed by atoms with Gasteiger partial charge >= 0.3 is 5.97 Å². The molecule has 1 atom stereocenters. The van der Waals surface area contributed by atoms with Gasteiger partial charge in [0.1, 0.15) is 0 Å². The highest BCUT2D eigenvalue weighted by atomic mass is 16.4. The molecule has 1 aromatic carbocycles. The van der Waals surface area contributed by atoms with Crippen LogP contribution in [0.15, 0.2) is 30.3 Å². The molecule has 1 fully saturated rings. The van der Waals surface area contributed by atoms with Crippen molar-refractivity contribution in [3.63, 3.8) is 0 Å². The number of hydrogen-bond donors (Lipinski definition) is 1. The molecule has 0 bridgehead atoms. The molecule has 0 amide bonds. The predicted octanol–water partition coefficient (Wildman–Crippen LogP) is 2.31. The Labute approximate surface area is 127 Å². The first kappa shape index (κ1) is 16.0. The van der Waals surface area contributed by atoms with E-state index in [0.717, 1.165) is 32.7 Å². The van der Waals surface area contributed by atoms with E-state index in [1.165, 1.54) is 18.4 Å². The van der Waals surface area contributed by atoms with E-state index < -0.39 is 5.97 Å². The topological polar surface area (TPSA) is 43.8 Å². The van der Waals surface area contributed by atoms with Crippen LogP contribution in [0.5, 0.6) is 0 Å². The lowest BCUT2D eigenvalue weighted by atomic mass is 9.97. The number of likely N-dealkylation sites (tertiary alicyclic amines) is 1. The van der Waals surface area contributed by atoms with Crippen molar-refractivity contribution in [1.29, 1.82) is 0 Å². The van der Waals surface area contributed by atoms with Gasteiger partial charge in [0, 0.05) is 19.6 Å². The molecule has 4 nitrogen and oxygen atoms in total. The van der Waals surface area contributed by atoms with Crippen LogP contribution in [0.3, 0.4) is 0 Å². The molecule has 0 aliphatic carbocycles. The summed E-state index contributed by atoms with van der Waals surface area (Å²) in [7, 11) is 0. The molecule has 4 heteroatoms. The van der Waals surface area contributed by atoms with Gasteiger partial charge in [-0.25, -0.2) is 0 Å².